The lowest BCUT2D eigenvalue weighted by atomic mass is 10.0. The minimum atomic E-state index is -0.622. The number of ether oxygens (including phenoxy) is 3. The zero-order valence-corrected chi connectivity index (χ0v) is 19.3. The number of benzene rings is 3. The third-order valence-corrected chi connectivity index (χ3v) is 5.86. The second kappa shape index (κ2) is 10.2. The standard InChI is InChI=1S/C24H21N3O6S/c1-31-21-8-7-15-5-3-4-6-17(15)19(21)11-25-24(28)18-9-22(32-2)23(10-20(18)27(29)30)33-12-16-13-34-14-26-16/h3-10,13-14H,11-12H2,1-2H3,(H,25,28). The number of carbonyl (C=O) groups excluding carboxylic acids is 1. The van der Waals surface area contributed by atoms with Gasteiger partial charge in [-0.1, -0.05) is 30.3 Å². The minimum absolute atomic E-state index is 0.115. The molecular formula is C24H21N3O6S. The predicted octanol–water partition coefficient (Wildman–Crippen LogP) is 4.73. The van der Waals surface area contributed by atoms with E-state index in [-0.39, 0.29) is 30.2 Å². The molecule has 0 radical (unpaired) electrons. The van der Waals surface area contributed by atoms with Gasteiger partial charge in [0.25, 0.3) is 11.6 Å². The molecule has 1 amide bonds. The van der Waals surface area contributed by atoms with Crippen molar-refractivity contribution >= 4 is 33.7 Å². The van der Waals surface area contributed by atoms with E-state index in [4.69, 9.17) is 14.2 Å². The Hall–Kier alpha value is -4.18. The number of hydrogen-bond acceptors (Lipinski definition) is 8. The van der Waals surface area contributed by atoms with Crippen molar-refractivity contribution in [2.45, 2.75) is 13.2 Å². The van der Waals surface area contributed by atoms with Gasteiger partial charge in [-0.2, -0.15) is 0 Å². The van der Waals surface area contributed by atoms with Crippen molar-refractivity contribution in [2.75, 3.05) is 14.2 Å². The van der Waals surface area contributed by atoms with Crippen molar-refractivity contribution in [1.82, 2.24) is 10.3 Å². The quantitative estimate of drug-likeness (QED) is 0.273. The molecule has 9 nitrogen and oxygen atoms in total. The lowest BCUT2D eigenvalue weighted by molar-refractivity contribution is -0.385. The number of aromatic nitrogens is 1. The van der Waals surface area contributed by atoms with E-state index >= 15 is 0 Å². The van der Waals surface area contributed by atoms with Gasteiger partial charge in [0.2, 0.25) is 0 Å². The van der Waals surface area contributed by atoms with Gasteiger partial charge in [-0.3, -0.25) is 14.9 Å². The molecular weight excluding hydrogens is 458 g/mol. The Balaban J connectivity index is 1.62. The molecule has 0 spiro atoms. The van der Waals surface area contributed by atoms with Crippen LogP contribution in [0, 0.1) is 10.1 Å². The fourth-order valence-corrected chi connectivity index (χ4v) is 4.11. The van der Waals surface area contributed by atoms with Crippen LogP contribution in [0.15, 0.2) is 59.4 Å². The Kier molecular flexibility index (Phi) is 6.88. The first-order valence-corrected chi connectivity index (χ1v) is 11.1. The van der Waals surface area contributed by atoms with Crippen LogP contribution in [0.2, 0.25) is 0 Å². The molecule has 0 saturated heterocycles. The second-order valence-electron chi connectivity index (χ2n) is 7.20. The van der Waals surface area contributed by atoms with Gasteiger partial charge >= 0.3 is 0 Å². The summed E-state index contributed by atoms with van der Waals surface area (Å²) in [6.07, 6.45) is 0. The Bertz CT molecular complexity index is 1340. The van der Waals surface area contributed by atoms with Crippen molar-refractivity contribution in [3.63, 3.8) is 0 Å². The van der Waals surface area contributed by atoms with Gasteiger partial charge in [0.05, 0.1) is 36.4 Å². The van der Waals surface area contributed by atoms with E-state index < -0.39 is 16.5 Å². The summed E-state index contributed by atoms with van der Waals surface area (Å²) in [6, 6.07) is 14.0. The zero-order valence-electron chi connectivity index (χ0n) is 18.4. The largest absolute Gasteiger partial charge is 0.496 e. The Labute approximate surface area is 199 Å². The molecule has 0 aliphatic heterocycles. The monoisotopic (exact) mass is 479 g/mol. The van der Waals surface area contributed by atoms with E-state index in [0.29, 0.717) is 11.4 Å². The van der Waals surface area contributed by atoms with Crippen LogP contribution in [0.5, 0.6) is 17.2 Å². The van der Waals surface area contributed by atoms with Crippen molar-refractivity contribution in [1.29, 1.82) is 0 Å². The fourth-order valence-electron chi connectivity index (χ4n) is 3.57. The van der Waals surface area contributed by atoms with E-state index in [1.807, 2.05) is 41.8 Å². The lowest BCUT2D eigenvalue weighted by Gasteiger charge is -2.14. The van der Waals surface area contributed by atoms with Gasteiger partial charge < -0.3 is 19.5 Å². The molecule has 1 aromatic heterocycles. The van der Waals surface area contributed by atoms with Crippen LogP contribution in [-0.4, -0.2) is 30.0 Å². The van der Waals surface area contributed by atoms with E-state index in [2.05, 4.69) is 10.3 Å². The summed E-state index contributed by atoms with van der Waals surface area (Å²) in [5, 5.41) is 18.2. The highest BCUT2D eigenvalue weighted by atomic mass is 32.1. The first-order valence-electron chi connectivity index (χ1n) is 10.2. The maximum absolute atomic E-state index is 13.0. The number of nitrogens with zero attached hydrogens (tertiary/aromatic N) is 2. The molecule has 0 saturated carbocycles. The first-order chi connectivity index (χ1) is 16.5. The molecule has 0 atom stereocenters. The van der Waals surface area contributed by atoms with E-state index in [1.165, 1.54) is 30.6 Å². The van der Waals surface area contributed by atoms with E-state index in [1.54, 1.807) is 12.6 Å². The molecule has 0 bridgehead atoms. The van der Waals surface area contributed by atoms with Crippen LogP contribution < -0.4 is 19.5 Å². The fraction of sp³-hybridized carbons (Fsp3) is 0.167. The summed E-state index contributed by atoms with van der Waals surface area (Å²) in [7, 11) is 2.95. The maximum atomic E-state index is 13.0. The minimum Gasteiger partial charge on any atom is -0.496 e. The second-order valence-corrected chi connectivity index (χ2v) is 7.91. The SMILES string of the molecule is COc1cc(C(=O)NCc2c(OC)ccc3ccccc23)c([N+](=O)[O-])cc1OCc1cscn1. The average Bonchev–Trinajstić information content (AvgIpc) is 3.38. The van der Waals surface area contributed by atoms with Crippen molar-refractivity contribution in [3.8, 4) is 17.2 Å². The topological polar surface area (TPSA) is 113 Å². The van der Waals surface area contributed by atoms with E-state index in [9.17, 15) is 14.9 Å². The van der Waals surface area contributed by atoms with E-state index in [0.717, 1.165) is 16.3 Å². The number of fused-ring (bicyclic) bond motifs is 1. The molecule has 4 rings (SSSR count). The number of hydrogen-bond donors (Lipinski definition) is 1. The number of amides is 1. The summed E-state index contributed by atoms with van der Waals surface area (Å²) in [5.74, 6) is 0.339. The highest BCUT2D eigenvalue weighted by Crippen LogP contribution is 2.35. The van der Waals surface area contributed by atoms with Crippen LogP contribution in [-0.2, 0) is 13.2 Å². The molecule has 0 aliphatic rings. The molecule has 0 fully saturated rings. The van der Waals surface area contributed by atoms with Crippen molar-refractivity contribution in [2.24, 2.45) is 0 Å². The van der Waals surface area contributed by atoms with Gasteiger partial charge in [0.15, 0.2) is 11.5 Å². The normalized spacial score (nSPS) is 10.6. The van der Waals surface area contributed by atoms with Gasteiger partial charge in [-0.15, -0.1) is 11.3 Å². The average molecular weight is 480 g/mol. The van der Waals surface area contributed by atoms with Crippen LogP contribution in [0.3, 0.4) is 0 Å². The lowest BCUT2D eigenvalue weighted by Crippen LogP contribution is -2.24. The third-order valence-electron chi connectivity index (χ3n) is 5.23. The highest BCUT2D eigenvalue weighted by molar-refractivity contribution is 7.07. The predicted molar refractivity (Wildman–Crippen MR) is 128 cm³/mol. The number of carbonyl (C=O) groups is 1. The Morgan fingerprint density at radius 2 is 1.88 bits per heavy atom. The molecule has 174 valence electrons. The molecule has 0 unspecified atom stereocenters. The zero-order chi connectivity index (χ0) is 24.1. The van der Waals surface area contributed by atoms with Crippen LogP contribution in [0.25, 0.3) is 10.8 Å². The first kappa shape index (κ1) is 23.0. The summed E-state index contributed by atoms with van der Waals surface area (Å²) < 4.78 is 16.5. The maximum Gasteiger partial charge on any atom is 0.286 e. The van der Waals surface area contributed by atoms with Crippen LogP contribution in [0.1, 0.15) is 21.6 Å². The van der Waals surface area contributed by atoms with Crippen LogP contribution >= 0.6 is 11.3 Å². The van der Waals surface area contributed by atoms with Crippen molar-refractivity contribution < 1.29 is 23.9 Å². The summed E-state index contributed by atoms with van der Waals surface area (Å²) >= 11 is 1.41. The number of nitro benzene ring substituents is 1. The summed E-state index contributed by atoms with van der Waals surface area (Å²) in [6.45, 7) is 0.230. The molecule has 0 aliphatic carbocycles. The Morgan fingerprint density at radius 3 is 2.59 bits per heavy atom. The molecule has 10 heteroatoms. The summed E-state index contributed by atoms with van der Waals surface area (Å²) in [4.78, 5) is 28.3. The number of nitro groups is 1. The summed E-state index contributed by atoms with van der Waals surface area (Å²) in [5.41, 5.74) is 2.59. The molecule has 3 aromatic carbocycles. The molecule has 34 heavy (non-hydrogen) atoms. The van der Waals surface area contributed by atoms with Gasteiger partial charge in [-0.05, 0) is 16.8 Å². The number of thiazole rings is 1. The smallest absolute Gasteiger partial charge is 0.286 e. The number of nitrogens with one attached hydrogen (secondary N) is 1. The molecule has 1 N–H and O–H groups in total. The van der Waals surface area contributed by atoms with Gasteiger partial charge in [-0.25, -0.2) is 4.98 Å². The molecule has 4 aromatic rings. The van der Waals surface area contributed by atoms with Crippen molar-refractivity contribution in [3.05, 3.63) is 86.4 Å². The third kappa shape index (κ3) is 4.76. The van der Waals surface area contributed by atoms with Crippen LogP contribution in [0.4, 0.5) is 5.69 Å². The van der Waals surface area contributed by atoms with Gasteiger partial charge in [0, 0.05) is 23.6 Å². The molecule has 1 heterocycles. The highest BCUT2D eigenvalue weighted by Gasteiger charge is 2.25. The Morgan fingerprint density at radius 1 is 1.09 bits per heavy atom. The number of rotatable bonds is 9. The number of methoxy groups -OCH3 is 2. The van der Waals surface area contributed by atoms with Gasteiger partial charge in [0.1, 0.15) is 17.9 Å².